The van der Waals surface area contributed by atoms with Crippen molar-refractivity contribution in [1.29, 1.82) is 0 Å². The second-order valence-corrected chi connectivity index (χ2v) is 4.57. The maximum Gasteiger partial charge on any atom is 0.181 e. The SMILES string of the molecule is Brc1cnc2c(N3CCNCC3)nccn12. The summed E-state index contributed by atoms with van der Waals surface area (Å²) >= 11 is 3.47. The summed E-state index contributed by atoms with van der Waals surface area (Å²) in [5, 5.41) is 3.33. The van der Waals surface area contributed by atoms with Crippen LogP contribution in [0.25, 0.3) is 5.65 Å². The van der Waals surface area contributed by atoms with Crippen molar-refractivity contribution in [3.8, 4) is 0 Å². The molecule has 2 aromatic heterocycles. The second-order valence-electron chi connectivity index (χ2n) is 3.76. The minimum absolute atomic E-state index is 0.913. The Hall–Kier alpha value is -1.14. The number of piperazine rings is 1. The molecule has 1 saturated heterocycles. The average Bonchev–Trinajstić information content (AvgIpc) is 2.73. The maximum absolute atomic E-state index is 4.44. The Morgan fingerprint density at radius 3 is 2.88 bits per heavy atom. The summed E-state index contributed by atoms with van der Waals surface area (Å²) < 4.78 is 2.96. The largest absolute Gasteiger partial charge is 0.351 e. The lowest BCUT2D eigenvalue weighted by Crippen LogP contribution is -2.44. The molecule has 1 fully saturated rings. The molecule has 3 rings (SSSR count). The molecule has 0 amide bonds. The monoisotopic (exact) mass is 281 g/mol. The van der Waals surface area contributed by atoms with Crippen LogP contribution in [0.5, 0.6) is 0 Å². The van der Waals surface area contributed by atoms with Crippen molar-refractivity contribution in [3.05, 3.63) is 23.2 Å². The van der Waals surface area contributed by atoms with E-state index in [1.165, 1.54) is 0 Å². The van der Waals surface area contributed by atoms with Gasteiger partial charge in [-0.15, -0.1) is 0 Å². The van der Waals surface area contributed by atoms with E-state index in [4.69, 9.17) is 0 Å². The predicted molar refractivity (Wildman–Crippen MR) is 65.8 cm³/mol. The highest BCUT2D eigenvalue weighted by molar-refractivity contribution is 9.10. The number of hydrogen-bond donors (Lipinski definition) is 1. The number of rotatable bonds is 1. The van der Waals surface area contributed by atoms with Crippen LogP contribution in [0.3, 0.4) is 0 Å². The molecule has 3 heterocycles. The van der Waals surface area contributed by atoms with Gasteiger partial charge in [-0.3, -0.25) is 4.40 Å². The highest BCUT2D eigenvalue weighted by Gasteiger charge is 2.16. The second kappa shape index (κ2) is 4.03. The van der Waals surface area contributed by atoms with Crippen LogP contribution in [0.2, 0.25) is 0 Å². The van der Waals surface area contributed by atoms with E-state index in [0.717, 1.165) is 42.2 Å². The first-order chi connectivity index (χ1) is 7.86. The van der Waals surface area contributed by atoms with Gasteiger partial charge in [-0.2, -0.15) is 0 Å². The molecule has 1 aliphatic rings. The molecule has 0 unspecified atom stereocenters. The molecule has 0 radical (unpaired) electrons. The fourth-order valence-electron chi connectivity index (χ4n) is 1.98. The topological polar surface area (TPSA) is 45.5 Å². The molecule has 0 saturated carbocycles. The molecule has 16 heavy (non-hydrogen) atoms. The highest BCUT2D eigenvalue weighted by Crippen LogP contribution is 2.21. The van der Waals surface area contributed by atoms with E-state index in [-0.39, 0.29) is 0 Å². The molecule has 6 heteroatoms. The number of nitrogens with zero attached hydrogens (tertiary/aromatic N) is 4. The first kappa shape index (κ1) is 10.0. The molecule has 0 bridgehead atoms. The Morgan fingerprint density at radius 2 is 2.06 bits per heavy atom. The molecular weight excluding hydrogens is 270 g/mol. The van der Waals surface area contributed by atoms with E-state index < -0.39 is 0 Å². The average molecular weight is 282 g/mol. The van der Waals surface area contributed by atoms with Gasteiger partial charge in [0.15, 0.2) is 11.5 Å². The van der Waals surface area contributed by atoms with Gasteiger partial charge in [0.25, 0.3) is 0 Å². The van der Waals surface area contributed by atoms with E-state index in [0.29, 0.717) is 0 Å². The van der Waals surface area contributed by atoms with E-state index in [1.807, 2.05) is 23.0 Å². The molecule has 0 aromatic carbocycles. The van der Waals surface area contributed by atoms with E-state index >= 15 is 0 Å². The van der Waals surface area contributed by atoms with Crippen LogP contribution < -0.4 is 10.2 Å². The molecule has 0 atom stereocenters. The summed E-state index contributed by atoms with van der Waals surface area (Å²) in [4.78, 5) is 11.1. The Kier molecular flexibility index (Phi) is 2.53. The van der Waals surface area contributed by atoms with Crippen molar-refractivity contribution in [1.82, 2.24) is 19.7 Å². The van der Waals surface area contributed by atoms with Gasteiger partial charge in [0.2, 0.25) is 0 Å². The van der Waals surface area contributed by atoms with Gasteiger partial charge >= 0.3 is 0 Å². The van der Waals surface area contributed by atoms with Crippen molar-refractivity contribution < 1.29 is 0 Å². The summed E-state index contributed by atoms with van der Waals surface area (Å²) in [6, 6.07) is 0. The zero-order chi connectivity index (χ0) is 11.0. The minimum atomic E-state index is 0.913. The van der Waals surface area contributed by atoms with Crippen molar-refractivity contribution in [3.63, 3.8) is 0 Å². The summed E-state index contributed by atoms with van der Waals surface area (Å²) in [5.41, 5.74) is 0.913. The summed E-state index contributed by atoms with van der Waals surface area (Å²) in [5.74, 6) is 0.967. The normalized spacial score (nSPS) is 16.9. The minimum Gasteiger partial charge on any atom is -0.351 e. The number of aromatic nitrogens is 3. The summed E-state index contributed by atoms with van der Waals surface area (Å²) in [7, 11) is 0. The molecule has 84 valence electrons. The van der Waals surface area contributed by atoms with E-state index in [1.54, 1.807) is 0 Å². The lowest BCUT2D eigenvalue weighted by Gasteiger charge is -2.28. The number of hydrogen-bond acceptors (Lipinski definition) is 4. The van der Waals surface area contributed by atoms with Crippen LogP contribution in [0, 0.1) is 0 Å². The third-order valence-corrected chi connectivity index (χ3v) is 3.37. The smallest absolute Gasteiger partial charge is 0.181 e. The molecule has 5 nitrogen and oxygen atoms in total. The fourth-order valence-corrected chi connectivity index (χ4v) is 2.36. The van der Waals surface area contributed by atoms with Gasteiger partial charge in [-0.05, 0) is 15.9 Å². The maximum atomic E-state index is 4.44. The van der Waals surface area contributed by atoms with Crippen molar-refractivity contribution >= 4 is 27.4 Å². The van der Waals surface area contributed by atoms with Gasteiger partial charge in [0, 0.05) is 38.6 Å². The number of nitrogens with one attached hydrogen (secondary N) is 1. The first-order valence-corrected chi connectivity index (χ1v) is 6.09. The zero-order valence-corrected chi connectivity index (χ0v) is 10.3. The Labute approximate surface area is 102 Å². The van der Waals surface area contributed by atoms with Crippen molar-refractivity contribution in [2.24, 2.45) is 0 Å². The molecule has 1 aliphatic heterocycles. The third-order valence-electron chi connectivity index (χ3n) is 2.78. The van der Waals surface area contributed by atoms with Gasteiger partial charge < -0.3 is 10.2 Å². The fraction of sp³-hybridized carbons (Fsp3) is 0.400. The Morgan fingerprint density at radius 1 is 1.25 bits per heavy atom. The van der Waals surface area contributed by atoms with Gasteiger partial charge in [0.05, 0.1) is 6.20 Å². The van der Waals surface area contributed by atoms with E-state index in [2.05, 4.69) is 36.1 Å². The van der Waals surface area contributed by atoms with Crippen LogP contribution in [0.4, 0.5) is 5.82 Å². The molecule has 2 aromatic rings. The van der Waals surface area contributed by atoms with Gasteiger partial charge in [0.1, 0.15) is 4.60 Å². The molecule has 0 aliphatic carbocycles. The van der Waals surface area contributed by atoms with Crippen molar-refractivity contribution in [2.75, 3.05) is 31.1 Å². The van der Waals surface area contributed by atoms with Gasteiger partial charge in [-0.25, -0.2) is 9.97 Å². The number of fused-ring (bicyclic) bond motifs is 1. The number of halogens is 1. The van der Waals surface area contributed by atoms with Crippen LogP contribution >= 0.6 is 15.9 Å². The number of anilines is 1. The standard InChI is InChI=1S/C10H12BrN5/c11-8-7-14-10-9(13-3-6-16(8)10)15-4-1-12-2-5-15/h3,6-7,12H,1-2,4-5H2. The van der Waals surface area contributed by atoms with Crippen molar-refractivity contribution in [2.45, 2.75) is 0 Å². The highest BCUT2D eigenvalue weighted by atomic mass is 79.9. The lowest BCUT2D eigenvalue weighted by atomic mass is 10.3. The molecular formula is C10H12BrN5. The van der Waals surface area contributed by atoms with Crippen LogP contribution in [-0.2, 0) is 0 Å². The molecule has 0 spiro atoms. The Balaban J connectivity index is 2.08. The summed E-state index contributed by atoms with van der Waals surface area (Å²) in [6.45, 7) is 3.98. The van der Waals surface area contributed by atoms with E-state index in [9.17, 15) is 0 Å². The zero-order valence-electron chi connectivity index (χ0n) is 8.73. The van der Waals surface area contributed by atoms with Crippen LogP contribution in [0.1, 0.15) is 0 Å². The predicted octanol–water partition coefficient (Wildman–Crippen LogP) is 0.901. The summed E-state index contributed by atoms with van der Waals surface area (Å²) in [6.07, 6.45) is 5.54. The number of imidazole rings is 1. The Bertz CT molecular complexity index is 503. The van der Waals surface area contributed by atoms with Crippen LogP contribution in [0.15, 0.2) is 23.2 Å². The van der Waals surface area contributed by atoms with Gasteiger partial charge in [-0.1, -0.05) is 0 Å². The third kappa shape index (κ3) is 1.58. The lowest BCUT2D eigenvalue weighted by molar-refractivity contribution is 0.585. The van der Waals surface area contributed by atoms with Crippen LogP contribution in [-0.4, -0.2) is 40.5 Å². The molecule has 1 N–H and O–H groups in total. The quantitative estimate of drug-likeness (QED) is 0.844. The first-order valence-electron chi connectivity index (χ1n) is 5.29.